The van der Waals surface area contributed by atoms with Crippen molar-refractivity contribution in [3.63, 3.8) is 0 Å². The van der Waals surface area contributed by atoms with Crippen molar-refractivity contribution in [3.8, 4) is 11.5 Å². The summed E-state index contributed by atoms with van der Waals surface area (Å²) >= 11 is 3.41. The lowest BCUT2D eigenvalue weighted by Crippen LogP contribution is -2.52. The number of para-hydroxylation sites is 2. The summed E-state index contributed by atoms with van der Waals surface area (Å²) < 4.78 is 40.5. The van der Waals surface area contributed by atoms with Crippen LogP contribution in [0.3, 0.4) is 0 Å². The van der Waals surface area contributed by atoms with Crippen molar-refractivity contribution in [3.05, 3.63) is 82.8 Å². The fourth-order valence-corrected chi connectivity index (χ4v) is 5.69. The molecule has 9 nitrogen and oxygen atoms in total. The molecule has 0 aliphatic heterocycles. The van der Waals surface area contributed by atoms with Gasteiger partial charge in [-0.2, -0.15) is 0 Å². The number of carbonyl (C=O) groups excluding carboxylic acids is 2. The third kappa shape index (κ3) is 7.54. The number of sulfonamides is 1. The van der Waals surface area contributed by atoms with Gasteiger partial charge in [-0.25, -0.2) is 8.42 Å². The first kappa shape index (κ1) is 31.0. The lowest BCUT2D eigenvalue weighted by molar-refractivity contribution is -0.139. The van der Waals surface area contributed by atoms with E-state index in [2.05, 4.69) is 21.2 Å². The number of methoxy groups -OCH3 is 2. The van der Waals surface area contributed by atoms with Crippen LogP contribution in [-0.2, 0) is 26.2 Å². The Balaban J connectivity index is 2.06. The first-order valence-electron chi connectivity index (χ1n) is 12.6. The van der Waals surface area contributed by atoms with Crippen molar-refractivity contribution >= 4 is 43.5 Å². The molecule has 0 spiro atoms. The zero-order valence-corrected chi connectivity index (χ0v) is 25.5. The van der Waals surface area contributed by atoms with Crippen LogP contribution < -0.4 is 19.1 Å². The fraction of sp³-hybridized carbons (Fsp3) is 0.310. The Morgan fingerprint density at radius 2 is 1.52 bits per heavy atom. The number of halogens is 1. The Hall–Kier alpha value is -3.57. The zero-order chi connectivity index (χ0) is 29.4. The number of anilines is 1. The van der Waals surface area contributed by atoms with Crippen molar-refractivity contribution in [1.29, 1.82) is 0 Å². The highest BCUT2D eigenvalue weighted by atomic mass is 79.9. The number of benzene rings is 3. The van der Waals surface area contributed by atoms with Crippen molar-refractivity contribution in [2.24, 2.45) is 0 Å². The summed E-state index contributed by atoms with van der Waals surface area (Å²) in [5.74, 6) is -0.137. The van der Waals surface area contributed by atoms with E-state index in [9.17, 15) is 18.0 Å². The summed E-state index contributed by atoms with van der Waals surface area (Å²) in [6.07, 6.45) is 0. The molecule has 3 rings (SSSR count). The zero-order valence-electron chi connectivity index (χ0n) is 23.1. The maximum Gasteiger partial charge on any atom is 0.264 e. The van der Waals surface area contributed by atoms with E-state index >= 15 is 0 Å². The van der Waals surface area contributed by atoms with E-state index in [0.717, 1.165) is 14.3 Å². The van der Waals surface area contributed by atoms with Crippen molar-refractivity contribution in [1.82, 2.24) is 10.2 Å². The summed E-state index contributed by atoms with van der Waals surface area (Å²) in [6, 6.07) is 18.8. The summed E-state index contributed by atoms with van der Waals surface area (Å²) in [5, 5.41) is 2.84. The van der Waals surface area contributed by atoms with Gasteiger partial charge in [-0.05, 0) is 74.9 Å². The van der Waals surface area contributed by atoms with Gasteiger partial charge in [0.1, 0.15) is 24.1 Å². The molecular formula is C29H34BrN3O6S. The van der Waals surface area contributed by atoms with Crippen molar-refractivity contribution in [2.45, 2.75) is 44.3 Å². The van der Waals surface area contributed by atoms with Crippen LogP contribution in [0.5, 0.6) is 11.5 Å². The third-order valence-electron chi connectivity index (χ3n) is 6.14. The van der Waals surface area contributed by atoms with Crippen LogP contribution in [0.4, 0.5) is 5.69 Å². The van der Waals surface area contributed by atoms with Gasteiger partial charge in [0.25, 0.3) is 10.0 Å². The van der Waals surface area contributed by atoms with Crippen LogP contribution in [0.1, 0.15) is 26.3 Å². The topological polar surface area (TPSA) is 105 Å². The molecule has 0 saturated carbocycles. The largest absolute Gasteiger partial charge is 0.497 e. The second-order valence-electron chi connectivity index (χ2n) is 9.35. The minimum Gasteiger partial charge on any atom is -0.497 e. The average Bonchev–Trinajstić information content (AvgIpc) is 2.94. The van der Waals surface area contributed by atoms with Gasteiger partial charge in [0.05, 0.1) is 24.8 Å². The van der Waals surface area contributed by atoms with E-state index in [-0.39, 0.29) is 34.8 Å². The molecule has 11 heteroatoms. The summed E-state index contributed by atoms with van der Waals surface area (Å²) in [5.41, 5.74) is 0.972. The number of hydrogen-bond donors (Lipinski definition) is 1. The highest BCUT2D eigenvalue weighted by Gasteiger charge is 2.33. The number of ether oxygens (including phenoxy) is 2. The van der Waals surface area contributed by atoms with Gasteiger partial charge in [-0.15, -0.1) is 0 Å². The first-order chi connectivity index (χ1) is 19.0. The van der Waals surface area contributed by atoms with Crippen LogP contribution in [-0.4, -0.2) is 58.0 Å². The first-order valence-corrected chi connectivity index (χ1v) is 14.8. The SMILES string of the molecule is COc1ccc(S(=O)(=O)N(CC(=O)N(Cc2ccc(Br)cc2)[C@H](C)C(=O)NC(C)C)c2ccccc2OC)cc1. The maximum absolute atomic E-state index is 14.0. The van der Waals surface area contributed by atoms with E-state index in [0.29, 0.717) is 5.75 Å². The molecule has 40 heavy (non-hydrogen) atoms. The van der Waals surface area contributed by atoms with Crippen molar-refractivity contribution < 1.29 is 27.5 Å². The van der Waals surface area contributed by atoms with E-state index in [1.807, 2.05) is 38.1 Å². The minimum absolute atomic E-state index is 0.0305. The Morgan fingerprint density at radius 3 is 2.10 bits per heavy atom. The number of amides is 2. The molecular weight excluding hydrogens is 598 g/mol. The monoisotopic (exact) mass is 631 g/mol. The Kier molecular flexibility index (Phi) is 10.6. The van der Waals surface area contributed by atoms with Gasteiger partial charge in [0, 0.05) is 17.1 Å². The van der Waals surface area contributed by atoms with Crippen LogP contribution in [0, 0.1) is 0 Å². The molecule has 1 N–H and O–H groups in total. The molecule has 0 unspecified atom stereocenters. The highest BCUT2D eigenvalue weighted by molar-refractivity contribution is 9.10. The second kappa shape index (κ2) is 13.7. The van der Waals surface area contributed by atoms with Crippen LogP contribution in [0.2, 0.25) is 0 Å². The standard InChI is InChI=1S/C29H34BrN3O6S/c1-20(2)31-29(35)21(3)32(18-22-10-12-23(30)13-11-22)28(34)19-33(26-8-6-7-9-27(26)39-5)40(36,37)25-16-14-24(38-4)15-17-25/h6-17,20-21H,18-19H2,1-5H3,(H,31,35)/t21-/m1/s1. The number of nitrogens with one attached hydrogen (secondary N) is 1. The van der Waals surface area contributed by atoms with Crippen molar-refractivity contribution in [2.75, 3.05) is 25.1 Å². The predicted molar refractivity (Wildman–Crippen MR) is 158 cm³/mol. The molecule has 0 aliphatic rings. The normalized spacial score (nSPS) is 12.0. The maximum atomic E-state index is 14.0. The predicted octanol–water partition coefficient (Wildman–Crippen LogP) is 4.60. The molecule has 0 fully saturated rings. The molecule has 1 atom stereocenters. The van der Waals surface area contributed by atoms with Gasteiger partial charge in [0.2, 0.25) is 11.8 Å². The summed E-state index contributed by atoms with van der Waals surface area (Å²) in [7, 11) is -1.33. The highest BCUT2D eigenvalue weighted by Crippen LogP contribution is 2.33. The number of hydrogen-bond acceptors (Lipinski definition) is 6. The molecule has 2 amide bonds. The molecule has 3 aromatic carbocycles. The molecule has 214 valence electrons. The van der Waals surface area contributed by atoms with Gasteiger partial charge < -0.3 is 19.7 Å². The van der Waals surface area contributed by atoms with Crippen LogP contribution in [0.25, 0.3) is 0 Å². The van der Waals surface area contributed by atoms with E-state index in [1.54, 1.807) is 31.2 Å². The molecule has 0 saturated heterocycles. The molecule has 0 aliphatic carbocycles. The molecule has 3 aromatic rings. The van der Waals surface area contributed by atoms with Crippen LogP contribution >= 0.6 is 15.9 Å². The fourth-order valence-electron chi connectivity index (χ4n) is 4.00. The second-order valence-corrected chi connectivity index (χ2v) is 12.1. The smallest absolute Gasteiger partial charge is 0.264 e. The third-order valence-corrected chi connectivity index (χ3v) is 8.45. The van der Waals surface area contributed by atoms with Gasteiger partial charge >= 0.3 is 0 Å². The van der Waals surface area contributed by atoms with E-state index in [1.165, 1.54) is 43.4 Å². The Bertz CT molecular complexity index is 1410. The lowest BCUT2D eigenvalue weighted by atomic mass is 10.1. The summed E-state index contributed by atoms with van der Waals surface area (Å²) in [6.45, 7) is 4.82. The lowest BCUT2D eigenvalue weighted by Gasteiger charge is -2.32. The molecule has 0 bridgehead atoms. The van der Waals surface area contributed by atoms with Crippen LogP contribution in [0.15, 0.2) is 82.2 Å². The Labute approximate surface area is 244 Å². The molecule has 0 aromatic heterocycles. The average molecular weight is 633 g/mol. The van der Waals surface area contributed by atoms with Gasteiger partial charge in [0.15, 0.2) is 0 Å². The number of nitrogens with zero attached hydrogens (tertiary/aromatic N) is 2. The van der Waals surface area contributed by atoms with Gasteiger partial charge in [-0.1, -0.05) is 40.2 Å². The summed E-state index contributed by atoms with van der Waals surface area (Å²) in [4.78, 5) is 28.3. The van der Waals surface area contributed by atoms with Gasteiger partial charge in [-0.3, -0.25) is 13.9 Å². The number of rotatable bonds is 12. The van der Waals surface area contributed by atoms with E-state index in [4.69, 9.17) is 9.47 Å². The number of carbonyl (C=O) groups is 2. The Morgan fingerprint density at radius 1 is 0.900 bits per heavy atom. The minimum atomic E-state index is -4.24. The van der Waals surface area contributed by atoms with E-state index < -0.39 is 28.5 Å². The quantitative estimate of drug-likeness (QED) is 0.313. The molecule has 0 radical (unpaired) electrons. The molecule has 0 heterocycles.